The summed E-state index contributed by atoms with van der Waals surface area (Å²) in [4.78, 5) is 0. The van der Waals surface area contributed by atoms with Crippen LogP contribution in [0.5, 0.6) is 0 Å². The van der Waals surface area contributed by atoms with Gasteiger partial charge in [0.05, 0.1) is 0 Å². The number of benzene rings is 1. The summed E-state index contributed by atoms with van der Waals surface area (Å²) < 4.78 is 19.0. The molecule has 16 heavy (non-hydrogen) atoms. The molecule has 84 valence electrons. The van der Waals surface area contributed by atoms with Crippen LogP contribution in [0.25, 0.3) is 17.0 Å². The molecule has 0 aliphatic rings. The molecule has 0 bridgehead atoms. The monoisotopic (exact) mass is 218 g/mol. The highest BCUT2D eigenvalue weighted by molar-refractivity contribution is 5.84. The predicted octanol–water partition coefficient (Wildman–Crippen LogP) is 4.69. The summed E-state index contributed by atoms with van der Waals surface area (Å²) in [6, 6.07) is 5.02. The quantitative estimate of drug-likeness (QED) is 0.712. The van der Waals surface area contributed by atoms with Crippen molar-refractivity contribution >= 4 is 17.0 Å². The Hall–Kier alpha value is -1.57. The average molecular weight is 218 g/mol. The van der Waals surface area contributed by atoms with Crippen molar-refractivity contribution in [3.63, 3.8) is 0 Å². The zero-order valence-corrected chi connectivity index (χ0v) is 9.80. The first-order chi connectivity index (χ1) is 7.63. The standard InChI is InChI=1S/C14H15FO/c1-4-9(2)8-13-10(3)11-6-5-7-12(15)14(11)16-13/h5-8H,4H2,1-3H3/b9-8-. The number of allylic oxidation sites excluding steroid dienone is 1. The third-order valence-electron chi connectivity index (χ3n) is 2.89. The van der Waals surface area contributed by atoms with Crippen LogP contribution >= 0.6 is 0 Å². The van der Waals surface area contributed by atoms with Gasteiger partial charge in [0.15, 0.2) is 11.4 Å². The van der Waals surface area contributed by atoms with Crippen LogP contribution in [-0.2, 0) is 0 Å². The van der Waals surface area contributed by atoms with E-state index in [2.05, 4.69) is 6.92 Å². The minimum Gasteiger partial charge on any atom is -0.453 e. The Bertz CT molecular complexity index is 549. The van der Waals surface area contributed by atoms with Gasteiger partial charge in [-0.2, -0.15) is 0 Å². The zero-order valence-electron chi connectivity index (χ0n) is 9.80. The van der Waals surface area contributed by atoms with Gasteiger partial charge in [0.1, 0.15) is 5.76 Å². The van der Waals surface area contributed by atoms with Gasteiger partial charge in [-0.05, 0) is 32.4 Å². The molecule has 1 aromatic heterocycles. The van der Waals surface area contributed by atoms with Gasteiger partial charge in [-0.3, -0.25) is 0 Å². The summed E-state index contributed by atoms with van der Waals surface area (Å²) in [5, 5.41) is 0.857. The second-order valence-electron chi connectivity index (χ2n) is 4.05. The molecule has 1 aromatic carbocycles. The topological polar surface area (TPSA) is 13.1 Å². The van der Waals surface area contributed by atoms with Crippen molar-refractivity contribution in [2.45, 2.75) is 27.2 Å². The molecule has 0 N–H and O–H groups in total. The molecule has 0 spiro atoms. The molecule has 2 rings (SSSR count). The van der Waals surface area contributed by atoms with Crippen molar-refractivity contribution in [1.29, 1.82) is 0 Å². The molecule has 0 amide bonds. The van der Waals surface area contributed by atoms with Crippen molar-refractivity contribution in [2.24, 2.45) is 0 Å². The SMILES string of the molecule is CC/C(C)=C\c1oc2c(F)cccc2c1C. The number of rotatable bonds is 2. The van der Waals surface area contributed by atoms with E-state index in [1.807, 2.05) is 26.0 Å². The number of furan rings is 1. The zero-order chi connectivity index (χ0) is 11.7. The van der Waals surface area contributed by atoms with Crippen LogP contribution in [0.4, 0.5) is 4.39 Å². The first-order valence-electron chi connectivity index (χ1n) is 5.48. The van der Waals surface area contributed by atoms with Gasteiger partial charge in [-0.25, -0.2) is 4.39 Å². The molecule has 0 atom stereocenters. The number of hydrogen-bond acceptors (Lipinski definition) is 1. The number of hydrogen-bond donors (Lipinski definition) is 0. The molecule has 0 saturated heterocycles. The molecule has 0 unspecified atom stereocenters. The Balaban J connectivity index is 2.65. The Morgan fingerprint density at radius 2 is 2.19 bits per heavy atom. The van der Waals surface area contributed by atoms with Crippen molar-refractivity contribution < 1.29 is 8.81 Å². The van der Waals surface area contributed by atoms with Crippen LogP contribution in [-0.4, -0.2) is 0 Å². The van der Waals surface area contributed by atoms with Crippen molar-refractivity contribution in [3.8, 4) is 0 Å². The van der Waals surface area contributed by atoms with Gasteiger partial charge >= 0.3 is 0 Å². The molecule has 0 radical (unpaired) electrons. The fourth-order valence-corrected chi connectivity index (χ4v) is 1.69. The van der Waals surface area contributed by atoms with Crippen LogP contribution in [0.2, 0.25) is 0 Å². The molecule has 0 fully saturated rings. The van der Waals surface area contributed by atoms with E-state index in [4.69, 9.17) is 4.42 Å². The van der Waals surface area contributed by atoms with E-state index in [9.17, 15) is 4.39 Å². The highest BCUT2D eigenvalue weighted by Crippen LogP contribution is 2.28. The second kappa shape index (κ2) is 4.12. The molecule has 0 aliphatic carbocycles. The molecular formula is C14H15FO. The van der Waals surface area contributed by atoms with Crippen LogP contribution in [0, 0.1) is 12.7 Å². The van der Waals surface area contributed by atoms with Gasteiger partial charge in [-0.1, -0.05) is 24.6 Å². The lowest BCUT2D eigenvalue weighted by atomic mass is 10.1. The normalized spacial score (nSPS) is 12.4. The number of fused-ring (bicyclic) bond motifs is 1. The summed E-state index contributed by atoms with van der Waals surface area (Å²) in [5.41, 5.74) is 2.58. The maximum Gasteiger partial charge on any atom is 0.170 e. The van der Waals surface area contributed by atoms with Crippen molar-refractivity contribution in [3.05, 3.63) is 40.9 Å². The van der Waals surface area contributed by atoms with E-state index in [-0.39, 0.29) is 5.82 Å². The molecular weight excluding hydrogens is 203 g/mol. The Labute approximate surface area is 94.6 Å². The molecule has 0 saturated carbocycles. The van der Waals surface area contributed by atoms with E-state index >= 15 is 0 Å². The largest absolute Gasteiger partial charge is 0.453 e. The summed E-state index contributed by atoms with van der Waals surface area (Å²) in [6.07, 6.45) is 2.95. The van der Waals surface area contributed by atoms with E-state index in [0.717, 1.165) is 23.1 Å². The molecule has 2 heteroatoms. The highest BCUT2D eigenvalue weighted by Gasteiger charge is 2.11. The maximum absolute atomic E-state index is 13.5. The van der Waals surface area contributed by atoms with E-state index < -0.39 is 0 Å². The van der Waals surface area contributed by atoms with Gasteiger partial charge < -0.3 is 4.42 Å². The summed E-state index contributed by atoms with van der Waals surface area (Å²) in [7, 11) is 0. The smallest absolute Gasteiger partial charge is 0.170 e. The lowest BCUT2D eigenvalue weighted by Gasteiger charge is -1.93. The minimum absolute atomic E-state index is 0.297. The number of para-hydroxylation sites is 1. The van der Waals surface area contributed by atoms with Crippen LogP contribution < -0.4 is 0 Å². The first kappa shape index (κ1) is 10.9. The van der Waals surface area contributed by atoms with E-state index in [0.29, 0.717) is 5.58 Å². The third kappa shape index (κ3) is 1.75. The van der Waals surface area contributed by atoms with E-state index in [1.54, 1.807) is 6.07 Å². The summed E-state index contributed by atoms with van der Waals surface area (Å²) in [6.45, 7) is 6.09. The lowest BCUT2D eigenvalue weighted by Crippen LogP contribution is -1.75. The fourth-order valence-electron chi connectivity index (χ4n) is 1.69. The van der Waals surface area contributed by atoms with Crippen molar-refractivity contribution in [2.75, 3.05) is 0 Å². The van der Waals surface area contributed by atoms with E-state index in [1.165, 1.54) is 11.6 Å². The highest BCUT2D eigenvalue weighted by atomic mass is 19.1. The summed E-state index contributed by atoms with van der Waals surface area (Å²) >= 11 is 0. The molecule has 1 nitrogen and oxygen atoms in total. The Morgan fingerprint density at radius 1 is 1.44 bits per heavy atom. The van der Waals surface area contributed by atoms with Gasteiger partial charge in [0, 0.05) is 10.9 Å². The molecule has 1 heterocycles. The Morgan fingerprint density at radius 3 is 2.81 bits per heavy atom. The van der Waals surface area contributed by atoms with Crippen molar-refractivity contribution in [1.82, 2.24) is 0 Å². The maximum atomic E-state index is 13.5. The Kier molecular flexibility index (Phi) is 2.82. The van der Waals surface area contributed by atoms with Gasteiger partial charge in [0.2, 0.25) is 0 Å². The number of aryl methyl sites for hydroxylation is 1. The fraction of sp³-hybridized carbons (Fsp3) is 0.286. The second-order valence-corrected chi connectivity index (χ2v) is 4.05. The lowest BCUT2D eigenvalue weighted by molar-refractivity contribution is 0.552. The summed E-state index contributed by atoms with van der Waals surface area (Å²) in [5.74, 6) is 0.467. The number of halogens is 1. The third-order valence-corrected chi connectivity index (χ3v) is 2.89. The predicted molar refractivity (Wildman–Crippen MR) is 64.9 cm³/mol. The van der Waals surface area contributed by atoms with Gasteiger partial charge in [-0.15, -0.1) is 0 Å². The van der Waals surface area contributed by atoms with Crippen LogP contribution in [0.3, 0.4) is 0 Å². The minimum atomic E-state index is -0.297. The van der Waals surface area contributed by atoms with Gasteiger partial charge in [0.25, 0.3) is 0 Å². The van der Waals surface area contributed by atoms with Crippen LogP contribution in [0.1, 0.15) is 31.6 Å². The molecule has 0 aliphatic heterocycles. The molecule has 2 aromatic rings. The van der Waals surface area contributed by atoms with Crippen LogP contribution in [0.15, 0.2) is 28.2 Å². The first-order valence-corrected chi connectivity index (χ1v) is 5.48. The average Bonchev–Trinajstić information content (AvgIpc) is 2.58.